The second-order valence-electron chi connectivity index (χ2n) is 6.18. The van der Waals surface area contributed by atoms with Crippen LogP contribution in [0.25, 0.3) is 55.0 Å². The lowest BCUT2D eigenvalue weighted by Crippen LogP contribution is -1.80. The zero-order chi connectivity index (χ0) is 15.0. The normalized spacial score (nSPS) is 12.3. The van der Waals surface area contributed by atoms with Crippen molar-refractivity contribution >= 4 is 32.5 Å². The highest BCUT2D eigenvalue weighted by Gasteiger charge is 2.29. The Morgan fingerprint density at radius 1 is 0.609 bits per heavy atom. The Morgan fingerprint density at radius 3 is 2.35 bits per heavy atom. The van der Waals surface area contributed by atoms with Gasteiger partial charge in [-0.05, 0) is 33.9 Å². The van der Waals surface area contributed by atoms with Crippen molar-refractivity contribution in [2.24, 2.45) is 0 Å². The maximum Gasteiger partial charge on any atom is 0.144 e. The van der Waals surface area contributed by atoms with E-state index in [2.05, 4.69) is 66.7 Å². The van der Waals surface area contributed by atoms with Gasteiger partial charge in [-0.2, -0.15) is 0 Å². The molecule has 0 bridgehead atoms. The number of rotatable bonds is 0. The Hall–Kier alpha value is -3.06. The second-order valence-corrected chi connectivity index (χ2v) is 6.18. The molecule has 0 N–H and O–H groups in total. The molecule has 23 heavy (non-hydrogen) atoms. The van der Waals surface area contributed by atoms with E-state index in [1.54, 1.807) is 0 Å². The predicted octanol–water partition coefficient (Wildman–Crippen LogP) is 6.39. The fraction of sp³-hybridized carbons (Fsp3) is 0. The molecule has 1 aromatic heterocycles. The minimum atomic E-state index is 0.966. The summed E-state index contributed by atoms with van der Waals surface area (Å²) in [7, 11) is 0. The molecule has 0 radical (unpaired) electrons. The van der Waals surface area contributed by atoms with Crippen LogP contribution < -0.4 is 0 Å². The molecule has 106 valence electrons. The van der Waals surface area contributed by atoms with Gasteiger partial charge in [-0.25, -0.2) is 0 Å². The van der Waals surface area contributed by atoms with Gasteiger partial charge in [-0.1, -0.05) is 60.7 Å². The van der Waals surface area contributed by atoms with E-state index in [1.807, 2.05) is 6.07 Å². The molecule has 4 aromatic carbocycles. The highest BCUT2D eigenvalue weighted by Crippen LogP contribution is 2.53. The number of para-hydroxylation sites is 1. The minimum Gasteiger partial charge on any atom is -0.455 e. The van der Waals surface area contributed by atoms with Gasteiger partial charge in [0.05, 0.1) is 0 Å². The van der Waals surface area contributed by atoms with Crippen LogP contribution in [0.4, 0.5) is 0 Å². The molecule has 0 aliphatic heterocycles. The third kappa shape index (κ3) is 1.29. The van der Waals surface area contributed by atoms with E-state index >= 15 is 0 Å². The SMILES string of the molecule is c1ccc2c3c4c(cccc4cc2c1)-c1c-3oc2ccccc12. The van der Waals surface area contributed by atoms with E-state index in [0.717, 1.165) is 11.3 Å². The molecule has 1 aliphatic carbocycles. The summed E-state index contributed by atoms with van der Waals surface area (Å²) in [6.07, 6.45) is 0. The van der Waals surface area contributed by atoms with Gasteiger partial charge in [0.25, 0.3) is 0 Å². The maximum atomic E-state index is 6.29. The Labute approximate surface area is 132 Å². The minimum absolute atomic E-state index is 0.966. The first-order chi connectivity index (χ1) is 11.4. The van der Waals surface area contributed by atoms with Crippen molar-refractivity contribution in [2.75, 3.05) is 0 Å². The highest BCUT2D eigenvalue weighted by atomic mass is 16.3. The molecular weight excluding hydrogens is 280 g/mol. The van der Waals surface area contributed by atoms with Crippen molar-refractivity contribution in [3.8, 4) is 22.5 Å². The van der Waals surface area contributed by atoms with E-state index in [1.165, 1.54) is 43.6 Å². The number of hydrogen-bond acceptors (Lipinski definition) is 1. The Morgan fingerprint density at radius 2 is 1.39 bits per heavy atom. The summed E-state index contributed by atoms with van der Waals surface area (Å²) >= 11 is 0. The molecule has 0 saturated carbocycles. The summed E-state index contributed by atoms with van der Waals surface area (Å²) < 4.78 is 6.29. The summed E-state index contributed by atoms with van der Waals surface area (Å²) in [4.78, 5) is 0. The largest absolute Gasteiger partial charge is 0.455 e. The van der Waals surface area contributed by atoms with Crippen LogP contribution in [0.2, 0.25) is 0 Å². The molecule has 1 aliphatic rings. The summed E-state index contributed by atoms with van der Waals surface area (Å²) in [6, 6.07) is 25.7. The van der Waals surface area contributed by atoms with Crippen LogP contribution in [0.15, 0.2) is 77.2 Å². The van der Waals surface area contributed by atoms with Crippen molar-refractivity contribution in [3.05, 3.63) is 72.8 Å². The summed E-state index contributed by atoms with van der Waals surface area (Å²) in [6.45, 7) is 0. The highest BCUT2D eigenvalue weighted by molar-refractivity contribution is 6.26. The van der Waals surface area contributed by atoms with Crippen LogP contribution in [0.3, 0.4) is 0 Å². The Bertz CT molecular complexity index is 1260. The fourth-order valence-electron chi connectivity index (χ4n) is 4.06. The second kappa shape index (κ2) is 3.82. The molecule has 5 aromatic rings. The lowest BCUT2D eigenvalue weighted by molar-refractivity contribution is 0.635. The van der Waals surface area contributed by atoms with E-state index in [0.29, 0.717) is 0 Å². The first-order valence-corrected chi connectivity index (χ1v) is 7.88. The number of hydrogen-bond donors (Lipinski definition) is 0. The predicted molar refractivity (Wildman–Crippen MR) is 95.7 cm³/mol. The van der Waals surface area contributed by atoms with Gasteiger partial charge in [-0.15, -0.1) is 0 Å². The van der Waals surface area contributed by atoms with E-state index in [9.17, 15) is 0 Å². The number of furan rings is 1. The van der Waals surface area contributed by atoms with Crippen molar-refractivity contribution < 1.29 is 4.42 Å². The van der Waals surface area contributed by atoms with Crippen LogP contribution in [0, 0.1) is 0 Å². The van der Waals surface area contributed by atoms with Crippen LogP contribution in [-0.2, 0) is 0 Å². The van der Waals surface area contributed by atoms with Gasteiger partial charge in [0.2, 0.25) is 0 Å². The average molecular weight is 292 g/mol. The van der Waals surface area contributed by atoms with Crippen LogP contribution in [0.1, 0.15) is 0 Å². The van der Waals surface area contributed by atoms with Gasteiger partial charge in [0.15, 0.2) is 0 Å². The topological polar surface area (TPSA) is 13.1 Å². The molecule has 1 heterocycles. The monoisotopic (exact) mass is 292 g/mol. The summed E-state index contributed by atoms with van der Waals surface area (Å²) in [5.74, 6) is 1.02. The molecule has 0 spiro atoms. The number of fused-ring (bicyclic) bond motifs is 7. The van der Waals surface area contributed by atoms with Gasteiger partial charge in [0, 0.05) is 21.9 Å². The third-order valence-electron chi connectivity index (χ3n) is 4.98. The van der Waals surface area contributed by atoms with Gasteiger partial charge in [0.1, 0.15) is 11.3 Å². The summed E-state index contributed by atoms with van der Waals surface area (Å²) in [5.41, 5.74) is 4.76. The summed E-state index contributed by atoms with van der Waals surface area (Å²) in [5, 5.41) is 6.35. The molecule has 0 unspecified atom stereocenters. The standard InChI is InChI=1S/C22H12O/c1-2-8-15-13(6-1)12-14-7-5-10-17-19(14)21(15)22-20(17)16-9-3-4-11-18(16)23-22/h1-12H. The molecule has 6 rings (SSSR count). The lowest BCUT2D eigenvalue weighted by atomic mass is 9.97. The first-order valence-electron chi connectivity index (χ1n) is 7.88. The van der Waals surface area contributed by atoms with Crippen LogP contribution in [-0.4, -0.2) is 0 Å². The number of benzene rings is 4. The zero-order valence-electron chi connectivity index (χ0n) is 12.3. The molecule has 0 fully saturated rings. The van der Waals surface area contributed by atoms with Gasteiger partial charge in [-0.3, -0.25) is 0 Å². The van der Waals surface area contributed by atoms with Gasteiger partial charge < -0.3 is 4.42 Å². The van der Waals surface area contributed by atoms with Crippen molar-refractivity contribution in [3.63, 3.8) is 0 Å². The molecular formula is C22H12O. The molecule has 0 saturated heterocycles. The average Bonchev–Trinajstić information content (AvgIpc) is 3.12. The van der Waals surface area contributed by atoms with Crippen molar-refractivity contribution in [1.82, 2.24) is 0 Å². The van der Waals surface area contributed by atoms with Crippen molar-refractivity contribution in [1.29, 1.82) is 0 Å². The first kappa shape index (κ1) is 11.5. The van der Waals surface area contributed by atoms with E-state index in [-0.39, 0.29) is 0 Å². The molecule has 0 atom stereocenters. The van der Waals surface area contributed by atoms with Crippen LogP contribution in [0.5, 0.6) is 0 Å². The third-order valence-corrected chi connectivity index (χ3v) is 4.98. The Kier molecular flexibility index (Phi) is 1.91. The fourth-order valence-corrected chi connectivity index (χ4v) is 4.06. The van der Waals surface area contributed by atoms with Gasteiger partial charge >= 0.3 is 0 Å². The molecule has 1 nitrogen and oxygen atoms in total. The molecule has 0 amide bonds. The quantitative estimate of drug-likeness (QED) is 0.296. The van der Waals surface area contributed by atoms with E-state index < -0.39 is 0 Å². The van der Waals surface area contributed by atoms with Crippen LogP contribution >= 0.6 is 0 Å². The maximum absolute atomic E-state index is 6.29. The molecule has 1 heteroatoms. The smallest absolute Gasteiger partial charge is 0.144 e. The zero-order valence-corrected chi connectivity index (χ0v) is 12.3. The van der Waals surface area contributed by atoms with E-state index in [4.69, 9.17) is 4.42 Å². The Balaban J connectivity index is 1.95. The lowest BCUT2D eigenvalue weighted by Gasteiger charge is -2.07. The van der Waals surface area contributed by atoms with Crippen molar-refractivity contribution in [2.45, 2.75) is 0 Å².